The number of carbonyl (C=O) groups excluding carboxylic acids is 1. The van der Waals surface area contributed by atoms with Crippen LogP contribution in [0.3, 0.4) is 0 Å². The van der Waals surface area contributed by atoms with Crippen LogP contribution in [0.2, 0.25) is 0 Å². The average Bonchev–Trinajstić information content (AvgIpc) is 2.90. The molecule has 2 unspecified atom stereocenters. The van der Waals surface area contributed by atoms with Crippen molar-refractivity contribution in [1.82, 2.24) is 4.72 Å². The molecule has 7 nitrogen and oxygen atoms in total. The molecule has 0 aliphatic rings. The number of hydrogen-bond donors (Lipinski definition) is 2. The van der Waals surface area contributed by atoms with Crippen LogP contribution in [0.5, 0.6) is 0 Å². The maximum Gasteiger partial charge on any atom is 0.323 e. The molecule has 20 heavy (non-hydrogen) atoms. The van der Waals surface area contributed by atoms with Crippen LogP contribution in [-0.2, 0) is 24.3 Å². The van der Waals surface area contributed by atoms with Crippen LogP contribution in [0.25, 0.3) is 0 Å². The molecule has 0 fully saturated rings. The maximum absolute atomic E-state index is 11.9. The molecule has 1 aromatic rings. The van der Waals surface area contributed by atoms with Crippen LogP contribution >= 0.6 is 11.3 Å². The van der Waals surface area contributed by atoms with Crippen LogP contribution in [0.4, 0.5) is 0 Å². The molecule has 0 aliphatic carbocycles. The third-order valence-electron chi connectivity index (χ3n) is 2.60. The molecule has 0 aliphatic heterocycles. The lowest BCUT2D eigenvalue weighted by Gasteiger charge is -2.18. The van der Waals surface area contributed by atoms with Crippen molar-refractivity contribution in [3.05, 3.63) is 22.4 Å². The number of carboxylic acids is 1. The minimum absolute atomic E-state index is 0.206. The molecule has 2 N–H and O–H groups in total. The van der Waals surface area contributed by atoms with Gasteiger partial charge in [0, 0.05) is 4.88 Å². The molecule has 0 bridgehead atoms. The van der Waals surface area contributed by atoms with Crippen molar-refractivity contribution in [2.45, 2.75) is 24.6 Å². The molecular formula is C11H15NO6S2. The number of esters is 1. The van der Waals surface area contributed by atoms with Crippen molar-refractivity contribution in [1.29, 1.82) is 0 Å². The number of ether oxygens (including phenoxy) is 1. The summed E-state index contributed by atoms with van der Waals surface area (Å²) >= 11 is 1.26. The van der Waals surface area contributed by atoms with E-state index in [1.165, 1.54) is 18.4 Å². The van der Waals surface area contributed by atoms with Gasteiger partial charge in [0.15, 0.2) is 5.25 Å². The van der Waals surface area contributed by atoms with Gasteiger partial charge in [-0.15, -0.1) is 11.3 Å². The zero-order valence-electron chi connectivity index (χ0n) is 10.9. The van der Waals surface area contributed by atoms with E-state index in [2.05, 4.69) is 9.46 Å². The van der Waals surface area contributed by atoms with Gasteiger partial charge < -0.3 is 9.84 Å². The lowest BCUT2D eigenvalue weighted by molar-refractivity contribution is -0.141. The first kappa shape index (κ1) is 16.6. The summed E-state index contributed by atoms with van der Waals surface area (Å²) in [6.07, 6.45) is -0.206. The second-order valence-corrected chi connectivity index (χ2v) is 7.00. The second kappa shape index (κ2) is 6.82. The molecule has 1 aromatic heterocycles. The molecule has 9 heteroatoms. The normalized spacial score (nSPS) is 14.5. The van der Waals surface area contributed by atoms with Crippen molar-refractivity contribution in [3.8, 4) is 0 Å². The summed E-state index contributed by atoms with van der Waals surface area (Å²) in [5.74, 6) is -2.05. The average molecular weight is 321 g/mol. The summed E-state index contributed by atoms with van der Waals surface area (Å²) in [6, 6.07) is 2.53. The van der Waals surface area contributed by atoms with Gasteiger partial charge in [-0.25, -0.2) is 13.1 Å². The van der Waals surface area contributed by atoms with E-state index in [1.807, 2.05) is 0 Å². The van der Waals surface area contributed by atoms with E-state index in [1.54, 1.807) is 17.5 Å². The Morgan fingerprint density at radius 1 is 1.50 bits per heavy atom. The van der Waals surface area contributed by atoms with Gasteiger partial charge in [0.05, 0.1) is 19.6 Å². The van der Waals surface area contributed by atoms with Gasteiger partial charge in [-0.1, -0.05) is 6.07 Å². The van der Waals surface area contributed by atoms with Crippen molar-refractivity contribution in [2.24, 2.45) is 0 Å². The number of aliphatic carboxylic acids is 1. The quantitative estimate of drug-likeness (QED) is 0.717. The van der Waals surface area contributed by atoms with Gasteiger partial charge in [0.2, 0.25) is 10.0 Å². The number of carbonyl (C=O) groups is 2. The van der Waals surface area contributed by atoms with Crippen molar-refractivity contribution >= 4 is 33.3 Å². The van der Waals surface area contributed by atoms with Crippen LogP contribution < -0.4 is 4.72 Å². The van der Waals surface area contributed by atoms with Gasteiger partial charge in [-0.05, 0) is 18.4 Å². The predicted molar refractivity (Wildman–Crippen MR) is 72.8 cm³/mol. The first-order valence-electron chi connectivity index (χ1n) is 5.62. The molecule has 1 heterocycles. The van der Waals surface area contributed by atoms with Crippen molar-refractivity contribution in [2.75, 3.05) is 7.11 Å². The number of thiophene rings is 1. The van der Waals surface area contributed by atoms with Crippen molar-refractivity contribution in [3.63, 3.8) is 0 Å². The van der Waals surface area contributed by atoms with E-state index in [0.29, 0.717) is 4.88 Å². The summed E-state index contributed by atoms with van der Waals surface area (Å²) < 4.78 is 30.6. The zero-order valence-corrected chi connectivity index (χ0v) is 12.5. The minimum atomic E-state index is -4.09. The zero-order chi connectivity index (χ0) is 15.3. The van der Waals surface area contributed by atoms with E-state index in [-0.39, 0.29) is 6.42 Å². The highest BCUT2D eigenvalue weighted by molar-refractivity contribution is 7.90. The number of methoxy groups -OCH3 is 1. The molecular weight excluding hydrogens is 306 g/mol. The number of hydrogen-bond acceptors (Lipinski definition) is 6. The molecule has 112 valence electrons. The van der Waals surface area contributed by atoms with E-state index in [9.17, 15) is 18.0 Å². The fraction of sp³-hybridized carbons (Fsp3) is 0.455. The second-order valence-electron chi connectivity index (χ2n) is 3.99. The lowest BCUT2D eigenvalue weighted by Crippen LogP contribution is -2.40. The van der Waals surface area contributed by atoms with Gasteiger partial charge >= 0.3 is 11.9 Å². The Balaban J connectivity index is 2.96. The Bertz CT molecular complexity index is 566. The molecule has 0 amide bonds. The summed E-state index contributed by atoms with van der Waals surface area (Å²) in [4.78, 5) is 22.7. The minimum Gasteiger partial charge on any atom is -0.480 e. The highest BCUT2D eigenvalue weighted by Crippen LogP contribution is 2.24. The molecule has 1 rings (SSSR count). The summed E-state index contributed by atoms with van der Waals surface area (Å²) in [5.41, 5.74) is 0. The fourth-order valence-corrected chi connectivity index (χ4v) is 3.30. The Hall–Kier alpha value is -1.45. The Kier molecular flexibility index (Phi) is 5.66. The summed E-state index contributed by atoms with van der Waals surface area (Å²) in [5, 5.41) is 8.90. The highest BCUT2D eigenvalue weighted by atomic mass is 32.2. The van der Waals surface area contributed by atoms with Crippen LogP contribution in [0.15, 0.2) is 17.5 Å². The number of rotatable bonds is 7. The summed E-state index contributed by atoms with van der Waals surface area (Å²) in [7, 11) is -2.89. The highest BCUT2D eigenvalue weighted by Gasteiger charge is 2.31. The Morgan fingerprint density at radius 2 is 2.15 bits per heavy atom. The van der Waals surface area contributed by atoms with Gasteiger partial charge in [0.25, 0.3) is 0 Å². The number of sulfonamides is 1. The third kappa shape index (κ3) is 4.29. The van der Waals surface area contributed by atoms with E-state index in [0.717, 1.165) is 6.92 Å². The topological polar surface area (TPSA) is 110 Å². The smallest absolute Gasteiger partial charge is 0.323 e. The Labute approximate surface area is 120 Å². The number of nitrogens with one attached hydrogen (secondary N) is 1. The molecule has 0 radical (unpaired) electrons. The third-order valence-corrected chi connectivity index (χ3v) is 5.34. The standard InChI is InChI=1S/C11H15NO6S2/c1-7(11(14)15)20(16,17)12-8(6-10(13)18-2)9-4-3-5-19-9/h3-5,7-8,12H,6H2,1-2H3,(H,14,15). The maximum atomic E-state index is 11.9. The van der Waals surface area contributed by atoms with Crippen LogP contribution in [0.1, 0.15) is 24.3 Å². The van der Waals surface area contributed by atoms with E-state index < -0.39 is 33.3 Å². The number of carboxylic acid groups (broad SMARTS) is 1. The SMILES string of the molecule is COC(=O)CC(NS(=O)(=O)C(C)C(=O)O)c1cccs1. The van der Waals surface area contributed by atoms with E-state index in [4.69, 9.17) is 5.11 Å². The van der Waals surface area contributed by atoms with Gasteiger partial charge in [-0.3, -0.25) is 9.59 Å². The largest absolute Gasteiger partial charge is 0.480 e. The molecule has 0 spiro atoms. The van der Waals surface area contributed by atoms with Gasteiger partial charge in [-0.2, -0.15) is 0 Å². The van der Waals surface area contributed by atoms with Crippen LogP contribution in [-0.4, -0.2) is 37.8 Å². The molecule has 2 atom stereocenters. The van der Waals surface area contributed by atoms with Crippen LogP contribution in [0, 0.1) is 0 Å². The Morgan fingerprint density at radius 3 is 2.60 bits per heavy atom. The van der Waals surface area contributed by atoms with Gasteiger partial charge in [0.1, 0.15) is 0 Å². The fourth-order valence-electron chi connectivity index (χ4n) is 1.37. The molecule has 0 saturated heterocycles. The predicted octanol–water partition coefficient (Wildman–Crippen LogP) is 0.745. The molecule has 0 saturated carbocycles. The first-order valence-corrected chi connectivity index (χ1v) is 8.04. The first-order chi connectivity index (χ1) is 9.27. The lowest BCUT2D eigenvalue weighted by atomic mass is 10.2. The van der Waals surface area contributed by atoms with Crippen molar-refractivity contribution < 1.29 is 27.9 Å². The van der Waals surface area contributed by atoms with E-state index >= 15 is 0 Å². The molecule has 0 aromatic carbocycles. The summed E-state index contributed by atoms with van der Waals surface area (Å²) in [6.45, 7) is 1.06. The monoisotopic (exact) mass is 321 g/mol.